The molecule has 2 amide bonds. The molecule has 0 radical (unpaired) electrons. The summed E-state index contributed by atoms with van der Waals surface area (Å²) in [6, 6.07) is 7.51. The third kappa shape index (κ3) is 5.76. The van der Waals surface area contributed by atoms with E-state index in [0.29, 0.717) is 5.56 Å². The Kier molecular flexibility index (Phi) is 8.19. The van der Waals surface area contributed by atoms with E-state index in [9.17, 15) is 9.59 Å². The minimum Gasteiger partial charge on any atom is -0.352 e. The Balaban J connectivity index is 0.00000288. The van der Waals surface area contributed by atoms with E-state index < -0.39 is 5.54 Å². The lowest BCUT2D eigenvalue weighted by Crippen LogP contribution is -2.52. The van der Waals surface area contributed by atoms with Gasteiger partial charge in [-0.1, -0.05) is 47.3 Å². The first kappa shape index (κ1) is 20.9. The highest BCUT2D eigenvalue weighted by Gasteiger charge is 2.30. The maximum atomic E-state index is 12.3. The van der Waals surface area contributed by atoms with Crippen LogP contribution in [-0.2, 0) is 15.1 Å². The first-order valence-electron chi connectivity index (χ1n) is 8.02. The molecular weight excluding hydrogens is 394 g/mol. The highest BCUT2D eigenvalue weighted by Crippen LogP contribution is 2.20. The van der Waals surface area contributed by atoms with Crippen LogP contribution in [0.4, 0.5) is 0 Å². The normalized spacial score (nSPS) is 17.3. The van der Waals surface area contributed by atoms with Gasteiger partial charge in [0.15, 0.2) is 0 Å². The van der Waals surface area contributed by atoms with Crippen LogP contribution in [0.1, 0.15) is 44.6 Å². The number of halogens is 2. The SMILES string of the molecule is CC(N)(C(=O)NCC(=O)NC1CCCCC1)c1ccc(Br)cc1.Cl. The zero-order valence-electron chi connectivity index (χ0n) is 13.8. The number of benzene rings is 1. The Morgan fingerprint density at radius 1 is 1.21 bits per heavy atom. The molecule has 2 rings (SSSR count). The van der Waals surface area contributed by atoms with Crippen molar-refractivity contribution in [3.63, 3.8) is 0 Å². The van der Waals surface area contributed by atoms with E-state index in [0.717, 1.165) is 30.2 Å². The minimum atomic E-state index is -1.17. The van der Waals surface area contributed by atoms with Crippen LogP contribution in [0.25, 0.3) is 0 Å². The van der Waals surface area contributed by atoms with Gasteiger partial charge in [0.2, 0.25) is 11.8 Å². The predicted octanol–water partition coefficient (Wildman–Crippen LogP) is 2.61. The highest BCUT2D eigenvalue weighted by atomic mass is 79.9. The van der Waals surface area contributed by atoms with Crippen LogP contribution in [0.5, 0.6) is 0 Å². The molecule has 0 spiro atoms. The maximum absolute atomic E-state index is 12.3. The van der Waals surface area contributed by atoms with Crippen LogP contribution in [-0.4, -0.2) is 24.4 Å². The summed E-state index contributed by atoms with van der Waals surface area (Å²) in [6.07, 6.45) is 5.59. The smallest absolute Gasteiger partial charge is 0.244 e. The number of nitrogens with two attached hydrogens (primary N) is 1. The molecule has 24 heavy (non-hydrogen) atoms. The second-order valence-electron chi connectivity index (χ2n) is 6.29. The van der Waals surface area contributed by atoms with Gasteiger partial charge in [-0.05, 0) is 37.5 Å². The number of hydrogen-bond acceptors (Lipinski definition) is 3. The van der Waals surface area contributed by atoms with E-state index >= 15 is 0 Å². The molecular formula is C17H25BrClN3O2. The average molecular weight is 419 g/mol. The third-order valence-corrected chi connectivity index (χ3v) is 4.82. The van der Waals surface area contributed by atoms with E-state index in [-0.39, 0.29) is 36.8 Å². The molecule has 0 aromatic heterocycles. The number of carbonyl (C=O) groups excluding carboxylic acids is 2. The summed E-state index contributed by atoms with van der Waals surface area (Å²) in [6.45, 7) is 1.60. The summed E-state index contributed by atoms with van der Waals surface area (Å²) in [4.78, 5) is 24.3. The molecule has 1 atom stereocenters. The summed E-state index contributed by atoms with van der Waals surface area (Å²) >= 11 is 3.35. The van der Waals surface area contributed by atoms with E-state index in [1.54, 1.807) is 19.1 Å². The van der Waals surface area contributed by atoms with Crippen molar-refractivity contribution in [1.29, 1.82) is 0 Å². The van der Waals surface area contributed by atoms with Gasteiger partial charge in [0, 0.05) is 10.5 Å². The van der Waals surface area contributed by atoms with Gasteiger partial charge in [0.1, 0.15) is 5.54 Å². The maximum Gasteiger partial charge on any atom is 0.244 e. The molecule has 1 aromatic carbocycles. The summed E-state index contributed by atoms with van der Waals surface area (Å²) in [5.41, 5.74) is 5.67. The van der Waals surface area contributed by atoms with Crippen LogP contribution in [0.2, 0.25) is 0 Å². The fourth-order valence-corrected chi connectivity index (χ4v) is 3.06. The van der Waals surface area contributed by atoms with Crippen LogP contribution in [0.3, 0.4) is 0 Å². The van der Waals surface area contributed by atoms with Crippen molar-refractivity contribution >= 4 is 40.2 Å². The van der Waals surface area contributed by atoms with Crippen molar-refractivity contribution in [1.82, 2.24) is 10.6 Å². The molecule has 4 N–H and O–H groups in total. The first-order valence-corrected chi connectivity index (χ1v) is 8.81. The molecule has 0 aliphatic heterocycles. The second-order valence-corrected chi connectivity index (χ2v) is 7.21. The summed E-state index contributed by atoms with van der Waals surface area (Å²) in [7, 11) is 0. The molecule has 1 unspecified atom stereocenters. The Morgan fingerprint density at radius 2 is 1.79 bits per heavy atom. The molecule has 0 saturated heterocycles. The minimum absolute atomic E-state index is 0. The fraction of sp³-hybridized carbons (Fsp3) is 0.529. The van der Waals surface area contributed by atoms with Gasteiger partial charge in [-0.3, -0.25) is 9.59 Å². The molecule has 1 fully saturated rings. The summed E-state index contributed by atoms with van der Waals surface area (Å²) < 4.78 is 0.921. The van der Waals surface area contributed by atoms with Crippen LogP contribution in [0, 0.1) is 0 Å². The average Bonchev–Trinajstić information content (AvgIpc) is 2.54. The van der Waals surface area contributed by atoms with E-state index in [1.807, 2.05) is 12.1 Å². The molecule has 1 aromatic rings. The second kappa shape index (κ2) is 9.39. The Bertz CT molecular complexity index is 557. The topological polar surface area (TPSA) is 84.2 Å². The lowest BCUT2D eigenvalue weighted by Gasteiger charge is -2.25. The van der Waals surface area contributed by atoms with Gasteiger partial charge < -0.3 is 16.4 Å². The predicted molar refractivity (Wildman–Crippen MR) is 101 cm³/mol. The van der Waals surface area contributed by atoms with E-state index in [1.165, 1.54) is 6.42 Å². The zero-order chi connectivity index (χ0) is 16.9. The van der Waals surface area contributed by atoms with E-state index in [4.69, 9.17) is 5.73 Å². The number of amides is 2. The quantitative estimate of drug-likeness (QED) is 0.687. The molecule has 7 heteroatoms. The molecule has 1 aliphatic rings. The molecule has 1 saturated carbocycles. The van der Waals surface area contributed by atoms with Crippen molar-refractivity contribution in [2.24, 2.45) is 5.73 Å². The van der Waals surface area contributed by atoms with Crippen molar-refractivity contribution < 1.29 is 9.59 Å². The third-order valence-electron chi connectivity index (χ3n) is 4.30. The van der Waals surface area contributed by atoms with Gasteiger partial charge in [-0.2, -0.15) is 0 Å². The summed E-state index contributed by atoms with van der Waals surface area (Å²) in [5, 5.41) is 5.61. The molecule has 0 heterocycles. The van der Waals surface area contributed by atoms with Crippen molar-refractivity contribution in [2.45, 2.75) is 50.6 Å². The summed E-state index contributed by atoms with van der Waals surface area (Å²) in [5.74, 6) is -0.518. The van der Waals surface area contributed by atoms with Gasteiger partial charge >= 0.3 is 0 Å². The molecule has 134 valence electrons. The molecule has 1 aliphatic carbocycles. The highest BCUT2D eigenvalue weighted by molar-refractivity contribution is 9.10. The van der Waals surface area contributed by atoms with Crippen molar-refractivity contribution in [2.75, 3.05) is 6.54 Å². The lowest BCUT2D eigenvalue weighted by atomic mass is 9.92. The number of nitrogens with one attached hydrogen (secondary N) is 2. The number of carbonyl (C=O) groups is 2. The Morgan fingerprint density at radius 3 is 2.38 bits per heavy atom. The van der Waals surface area contributed by atoms with Crippen LogP contribution >= 0.6 is 28.3 Å². The van der Waals surface area contributed by atoms with Gasteiger partial charge in [-0.25, -0.2) is 0 Å². The van der Waals surface area contributed by atoms with Gasteiger partial charge in [-0.15, -0.1) is 12.4 Å². The first-order chi connectivity index (χ1) is 10.9. The van der Waals surface area contributed by atoms with E-state index in [2.05, 4.69) is 26.6 Å². The Labute approximate surface area is 157 Å². The largest absolute Gasteiger partial charge is 0.352 e. The van der Waals surface area contributed by atoms with Crippen LogP contribution < -0.4 is 16.4 Å². The number of hydrogen-bond donors (Lipinski definition) is 3. The van der Waals surface area contributed by atoms with Gasteiger partial charge in [0.05, 0.1) is 6.54 Å². The monoisotopic (exact) mass is 417 g/mol. The standard InChI is InChI=1S/C17H24BrN3O2.ClH/c1-17(19,12-7-9-13(18)10-8-12)16(23)20-11-15(22)21-14-5-3-2-4-6-14;/h7-10,14H,2-6,11,19H2,1H3,(H,20,23)(H,21,22);1H. The lowest BCUT2D eigenvalue weighted by molar-refractivity contribution is -0.129. The number of rotatable bonds is 5. The van der Waals surface area contributed by atoms with Crippen molar-refractivity contribution in [3.05, 3.63) is 34.3 Å². The molecule has 5 nitrogen and oxygen atoms in total. The van der Waals surface area contributed by atoms with Gasteiger partial charge in [0.25, 0.3) is 0 Å². The molecule has 0 bridgehead atoms. The van der Waals surface area contributed by atoms with Crippen molar-refractivity contribution in [3.8, 4) is 0 Å². The Hall–Kier alpha value is -1.11. The fourth-order valence-electron chi connectivity index (χ4n) is 2.80. The zero-order valence-corrected chi connectivity index (χ0v) is 16.2. The van der Waals surface area contributed by atoms with Crippen LogP contribution in [0.15, 0.2) is 28.7 Å².